The molecule has 0 aliphatic carbocycles. The molecule has 0 bridgehead atoms. The highest BCUT2D eigenvalue weighted by Gasteiger charge is 2.17. The monoisotopic (exact) mass is 346 g/mol. The summed E-state index contributed by atoms with van der Waals surface area (Å²) < 4.78 is 13.7. The van der Waals surface area contributed by atoms with E-state index in [9.17, 15) is 9.18 Å². The SMILES string of the molecule is O=C(Nc1ncc(Cc2ccccc2)s1)c1c(F)cccc1Cl. The van der Waals surface area contributed by atoms with Crippen LogP contribution < -0.4 is 5.32 Å². The summed E-state index contributed by atoms with van der Waals surface area (Å²) in [5, 5.41) is 3.08. The first-order valence-electron chi connectivity index (χ1n) is 6.87. The number of carbonyl (C=O) groups excluding carboxylic acids is 1. The Morgan fingerprint density at radius 3 is 2.70 bits per heavy atom. The summed E-state index contributed by atoms with van der Waals surface area (Å²) in [5.74, 6) is -1.26. The number of rotatable bonds is 4. The molecule has 1 heterocycles. The van der Waals surface area contributed by atoms with Gasteiger partial charge in [0.1, 0.15) is 5.82 Å². The third kappa shape index (κ3) is 3.75. The maximum Gasteiger partial charge on any atom is 0.261 e. The van der Waals surface area contributed by atoms with Gasteiger partial charge in [-0.25, -0.2) is 9.37 Å². The van der Waals surface area contributed by atoms with Crippen LogP contribution in [-0.2, 0) is 6.42 Å². The van der Waals surface area contributed by atoms with E-state index in [1.165, 1.54) is 29.5 Å². The molecule has 0 saturated heterocycles. The highest BCUT2D eigenvalue weighted by Crippen LogP contribution is 2.24. The molecule has 0 saturated carbocycles. The van der Waals surface area contributed by atoms with E-state index in [0.717, 1.165) is 16.9 Å². The molecule has 0 fully saturated rings. The van der Waals surface area contributed by atoms with E-state index < -0.39 is 11.7 Å². The average molecular weight is 347 g/mol. The second kappa shape index (κ2) is 6.89. The Bertz CT molecular complexity index is 815. The zero-order chi connectivity index (χ0) is 16.2. The van der Waals surface area contributed by atoms with Crippen molar-refractivity contribution < 1.29 is 9.18 Å². The van der Waals surface area contributed by atoms with Crippen molar-refractivity contribution in [1.29, 1.82) is 0 Å². The Morgan fingerprint density at radius 1 is 1.17 bits per heavy atom. The fourth-order valence-corrected chi connectivity index (χ4v) is 3.21. The first kappa shape index (κ1) is 15.6. The lowest BCUT2D eigenvalue weighted by Gasteiger charge is -2.04. The number of halogens is 2. The number of hydrogen-bond donors (Lipinski definition) is 1. The van der Waals surface area contributed by atoms with Crippen LogP contribution in [-0.4, -0.2) is 10.9 Å². The van der Waals surface area contributed by atoms with E-state index in [2.05, 4.69) is 10.3 Å². The fourth-order valence-electron chi connectivity index (χ4n) is 2.12. The largest absolute Gasteiger partial charge is 0.298 e. The van der Waals surface area contributed by atoms with E-state index >= 15 is 0 Å². The maximum atomic E-state index is 13.7. The maximum absolute atomic E-state index is 13.7. The highest BCUT2D eigenvalue weighted by atomic mass is 35.5. The van der Waals surface area contributed by atoms with Gasteiger partial charge in [-0.05, 0) is 17.7 Å². The molecular formula is C17H12ClFN2OS. The third-order valence-electron chi connectivity index (χ3n) is 3.19. The van der Waals surface area contributed by atoms with Gasteiger partial charge in [0.15, 0.2) is 5.13 Å². The predicted octanol–water partition coefficient (Wildman–Crippen LogP) is 4.78. The van der Waals surface area contributed by atoms with Crippen molar-refractivity contribution in [3.63, 3.8) is 0 Å². The standard InChI is InChI=1S/C17H12ClFN2OS/c18-13-7-4-8-14(19)15(13)16(22)21-17-20-10-12(23-17)9-11-5-2-1-3-6-11/h1-8,10H,9H2,(H,20,21,22). The van der Waals surface area contributed by atoms with Crippen LogP contribution in [0.25, 0.3) is 0 Å². The first-order valence-corrected chi connectivity index (χ1v) is 8.07. The Kier molecular flexibility index (Phi) is 4.69. The van der Waals surface area contributed by atoms with Gasteiger partial charge >= 0.3 is 0 Å². The minimum atomic E-state index is -0.656. The summed E-state index contributed by atoms with van der Waals surface area (Å²) >= 11 is 7.24. The fraction of sp³-hybridized carbons (Fsp3) is 0.0588. The van der Waals surface area contributed by atoms with Crippen LogP contribution in [0.2, 0.25) is 5.02 Å². The van der Waals surface area contributed by atoms with Gasteiger partial charge in [0.25, 0.3) is 5.91 Å². The number of anilines is 1. The molecule has 3 rings (SSSR count). The Labute approximate surface area is 141 Å². The van der Waals surface area contributed by atoms with Crippen LogP contribution in [0.5, 0.6) is 0 Å². The van der Waals surface area contributed by atoms with Gasteiger partial charge in [0.05, 0.1) is 10.6 Å². The second-order valence-electron chi connectivity index (χ2n) is 4.84. The number of nitrogens with one attached hydrogen (secondary N) is 1. The summed E-state index contributed by atoms with van der Waals surface area (Å²) in [5.41, 5.74) is 0.986. The molecule has 0 aliphatic rings. The van der Waals surface area contributed by atoms with Gasteiger partial charge in [-0.3, -0.25) is 10.1 Å². The van der Waals surface area contributed by atoms with Crippen molar-refractivity contribution in [3.8, 4) is 0 Å². The summed E-state index contributed by atoms with van der Waals surface area (Å²) in [6.07, 6.45) is 2.44. The summed E-state index contributed by atoms with van der Waals surface area (Å²) in [7, 11) is 0. The van der Waals surface area contributed by atoms with Crippen LogP contribution in [0.4, 0.5) is 9.52 Å². The lowest BCUT2D eigenvalue weighted by molar-refractivity contribution is 0.102. The molecule has 1 N–H and O–H groups in total. The Hall–Kier alpha value is -2.24. The lowest BCUT2D eigenvalue weighted by atomic mass is 10.1. The van der Waals surface area contributed by atoms with Crippen LogP contribution in [0.3, 0.4) is 0 Å². The molecule has 0 unspecified atom stereocenters. The van der Waals surface area contributed by atoms with E-state index in [1.54, 1.807) is 6.20 Å². The third-order valence-corrected chi connectivity index (χ3v) is 4.41. The van der Waals surface area contributed by atoms with Crippen molar-refractivity contribution in [3.05, 3.63) is 81.6 Å². The smallest absolute Gasteiger partial charge is 0.261 e. The van der Waals surface area contributed by atoms with Crippen molar-refractivity contribution in [2.75, 3.05) is 5.32 Å². The number of carbonyl (C=O) groups is 1. The number of benzene rings is 2. The molecule has 0 spiro atoms. The van der Waals surface area contributed by atoms with Gasteiger partial charge < -0.3 is 0 Å². The number of aromatic nitrogens is 1. The zero-order valence-corrected chi connectivity index (χ0v) is 13.5. The van der Waals surface area contributed by atoms with Crippen molar-refractivity contribution in [1.82, 2.24) is 4.98 Å². The highest BCUT2D eigenvalue weighted by molar-refractivity contribution is 7.15. The number of thiazole rings is 1. The number of amides is 1. The quantitative estimate of drug-likeness (QED) is 0.738. The second-order valence-corrected chi connectivity index (χ2v) is 6.37. The van der Waals surface area contributed by atoms with E-state index in [0.29, 0.717) is 5.13 Å². The van der Waals surface area contributed by atoms with Crippen LogP contribution in [0, 0.1) is 5.82 Å². The van der Waals surface area contributed by atoms with Gasteiger partial charge in [-0.2, -0.15) is 0 Å². The van der Waals surface area contributed by atoms with Crippen LogP contribution in [0.15, 0.2) is 54.7 Å². The van der Waals surface area contributed by atoms with E-state index in [-0.39, 0.29) is 10.6 Å². The van der Waals surface area contributed by atoms with E-state index in [4.69, 9.17) is 11.6 Å². The summed E-state index contributed by atoms with van der Waals surface area (Å²) in [6, 6.07) is 14.1. The van der Waals surface area contributed by atoms with E-state index in [1.807, 2.05) is 30.3 Å². The minimum Gasteiger partial charge on any atom is -0.298 e. The summed E-state index contributed by atoms with van der Waals surface area (Å²) in [4.78, 5) is 17.3. The van der Waals surface area contributed by atoms with Gasteiger partial charge in [0, 0.05) is 17.5 Å². The van der Waals surface area contributed by atoms with Gasteiger partial charge in [-0.1, -0.05) is 48.0 Å². The normalized spacial score (nSPS) is 10.5. The molecule has 6 heteroatoms. The molecule has 0 aliphatic heterocycles. The Morgan fingerprint density at radius 2 is 1.96 bits per heavy atom. The van der Waals surface area contributed by atoms with Gasteiger partial charge in [0.2, 0.25) is 0 Å². The van der Waals surface area contributed by atoms with Crippen LogP contribution in [0.1, 0.15) is 20.8 Å². The molecule has 0 atom stereocenters. The van der Waals surface area contributed by atoms with Gasteiger partial charge in [-0.15, -0.1) is 11.3 Å². The molecule has 3 nitrogen and oxygen atoms in total. The molecular weight excluding hydrogens is 335 g/mol. The topological polar surface area (TPSA) is 42.0 Å². The zero-order valence-electron chi connectivity index (χ0n) is 11.9. The molecule has 2 aromatic carbocycles. The van der Waals surface area contributed by atoms with Crippen molar-refractivity contribution >= 4 is 34.0 Å². The first-order chi connectivity index (χ1) is 11.1. The molecule has 1 amide bonds. The van der Waals surface area contributed by atoms with Crippen molar-refractivity contribution in [2.45, 2.75) is 6.42 Å². The summed E-state index contributed by atoms with van der Waals surface area (Å²) in [6.45, 7) is 0. The Balaban J connectivity index is 1.73. The number of hydrogen-bond acceptors (Lipinski definition) is 3. The lowest BCUT2D eigenvalue weighted by Crippen LogP contribution is -2.14. The molecule has 23 heavy (non-hydrogen) atoms. The predicted molar refractivity (Wildman–Crippen MR) is 90.7 cm³/mol. The van der Waals surface area contributed by atoms with Crippen LogP contribution >= 0.6 is 22.9 Å². The molecule has 116 valence electrons. The van der Waals surface area contributed by atoms with Crippen molar-refractivity contribution in [2.24, 2.45) is 0 Å². The minimum absolute atomic E-state index is 0.0727. The molecule has 3 aromatic rings. The molecule has 0 radical (unpaired) electrons. The number of nitrogens with zero attached hydrogens (tertiary/aromatic N) is 1. The average Bonchev–Trinajstić information content (AvgIpc) is 2.95. The molecule has 1 aromatic heterocycles.